The quantitative estimate of drug-likeness (QED) is 0.826. The van der Waals surface area contributed by atoms with Crippen LogP contribution >= 0.6 is 11.3 Å². The van der Waals surface area contributed by atoms with E-state index in [2.05, 4.69) is 24.1 Å². The molecular weight excluding hydrogens is 284 g/mol. The number of rotatable bonds is 7. The van der Waals surface area contributed by atoms with Crippen LogP contribution in [0.2, 0.25) is 0 Å². The highest BCUT2D eigenvalue weighted by Gasteiger charge is 2.24. The summed E-state index contributed by atoms with van der Waals surface area (Å²) >= 11 is 1.63. The smallest absolute Gasteiger partial charge is 0.119 e. The zero-order valence-corrected chi connectivity index (χ0v) is 13.5. The molecule has 1 aromatic heterocycles. The van der Waals surface area contributed by atoms with Crippen molar-refractivity contribution in [3.8, 4) is 5.75 Å². The summed E-state index contributed by atoms with van der Waals surface area (Å²) in [4.78, 5) is 4.50. The Kier molecular flexibility index (Phi) is 5.33. The SMILES string of the molecule is Cc1csc(C(C)(C)NCC(O)COc2ccccc2)n1. The van der Waals surface area contributed by atoms with Crippen LogP contribution < -0.4 is 10.1 Å². The van der Waals surface area contributed by atoms with Crippen molar-refractivity contribution in [2.45, 2.75) is 32.4 Å². The predicted octanol–water partition coefficient (Wildman–Crippen LogP) is 2.72. The van der Waals surface area contributed by atoms with Gasteiger partial charge >= 0.3 is 0 Å². The fraction of sp³-hybridized carbons (Fsp3) is 0.438. The van der Waals surface area contributed by atoms with E-state index >= 15 is 0 Å². The maximum atomic E-state index is 10.0. The second-order valence-electron chi connectivity index (χ2n) is 5.58. The summed E-state index contributed by atoms with van der Waals surface area (Å²) in [5.41, 5.74) is 0.768. The number of aliphatic hydroxyl groups excluding tert-OH is 1. The predicted molar refractivity (Wildman–Crippen MR) is 85.8 cm³/mol. The number of ether oxygens (including phenoxy) is 1. The van der Waals surface area contributed by atoms with Crippen LogP contribution in [0.15, 0.2) is 35.7 Å². The Labute approximate surface area is 129 Å². The van der Waals surface area contributed by atoms with Gasteiger partial charge in [0, 0.05) is 17.6 Å². The van der Waals surface area contributed by atoms with Gasteiger partial charge in [-0.15, -0.1) is 11.3 Å². The number of nitrogens with zero attached hydrogens (tertiary/aromatic N) is 1. The summed E-state index contributed by atoms with van der Waals surface area (Å²) in [7, 11) is 0. The summed E-state index contributed by atoms with van der Waals surface area (Å²) in [6.45, 7) is 6.84. The first-order valence-corrected chi connectivity index (χ1v) is 7.89. The molecule has 2 N–H and O–H groups in total. The lowest BCUT2D eigenvalue weighted by Gasteiger charge is -2.25. The maximum absolute atomic E-state index is 10.0. The van der Waals surface area contributed by atoms with Gasteiger partial charge in [0.1, 0.15) is 23.5 Å². The third-order valence-electron chi connectivity index (χ3n) is 3.12. The molecule has 0 spiro atoms. The van der Waals surface area contributed by atoms with Crippen molar-refractivity contribution >= 4 is 11.3 Å². The Morgan fingerprint density at radius 3 is 2.67 bits per heavy atom. The molecule has 1 aromatic carbocycles. The minimum atomic E-state index is -0.564. The van der Waals surface area contributed by atoms with Gasteiger partial charge in [-0.25, -0.2) is 4.98 Å². The molecule has 114 valence electrons. The molecule has 0 aliphatic carbocycles. The van der Waals surface area contributed by atoms with Crippen molar-refractivity contribution < 1.29 is 9.84 Å². The monoisotopic (exact) mass is 306 g/mol. The molecule has 0 saturated carbocycles. The summed E-state index contributed by atoms with van der Waals surface area (Å²) in [5, 5.41) is 16.4. The Balaban J connectivity index is 1.79. The third kappa shape index (κ3) is 4.81. The molecule has 2 aromatic rings. The minimum absolute atomic E-state index is 0.257. The molecule has 0 bridgehead atoms. The topological polar surface area (TPSA) is 54.4 Å². The van der Waals surface area contributed by atoms with Crippen molar-refractivity contribution in [2.75, 3.05) is 13.2 Å². The molecule has 0 aliphatic rings. The van der Waals surface area contributed by atoms with E-state index < -0.39 is 6.10 Å². The second-order valence-corrected chi connectivity index (χ2v) is 6.44. The molecular formula is C16H22N2O2S. The number of nitrogens with one attached hydrogen (secondary N) is 1. The second kappa shape index (κ2) is 7.02. The van der Waals surface area contributed by atoms with E-state index in [0.29, 0.717) is 6.54 Å². The molecule has 1 heterocycles. The lowest BCUT2D eigenvalue weighted by atomic mass is 10.1. The van der Waals surface area contributed by atoms with Gasteiger partial charge in [-0.05, 0) is 32.9 Å². The first-order valence-electron chi connectivity index (χ1n) is 7.01. The number of aryl methyl sites for hydroxylation is 1. The van der Waals surface area contributed by atoms with E-state index in [9.17, 15) is 5.11 Å². The van der Waals surface area contributed by atoms with Crippen LogP contribution in [0.25, 0.3) is 0 Å². The van der Waals surface area contributed by atoms with Crippen LogP contribution in [0.1, 0.15) is 24.5 Å². The van der Waals surface area contributed by atoms with Crippen molar-refractivity contribution in [1.29, 1.82) is 0 Å². The van der Waals surface area contributed by atoms with Crippen molar-refractivity contribution in [1.82, 2.24) is 10.3 Å². The van der Waals surface area contributed by atoms with E-state index in [-0.39, 0.29) is 12.1 Å². The normalized spacial score (nSPS) is 13.1. The summed E-state index contributed by atoms with van der Waals surface area (Å²) in [6, 6.07) is 9.51. The highest BCUT2D eigenvalue weighted by atomic mass is 32.1. The molecule has 0 aliphatic heterocycles. The van der Waals surface area contributed by atoms with E-state index in [1.165, 1.54) is 0 Å². The Morgan fingerprint density at radius 2 is 2.05 bits per heavy atom. The van der Waals surface area contributed by atoms with Crippen LogP contribution in [0.5, 0.6) is 5.75 Å². The number of benzene rings is 1. The Bertz CT molecular complexity index is 554. The summed E-state index contributed by atoms with van der Waals surface area (Å²) in [6.07, 6.45) is -0.564. The van der Waals surface area contributed by atoms with Crippen LogP contribution in [0.3, 0.4) is 0 Å². The molecule has 0 saturated heterocycles. The number of hydrogen-bond acceptors (Lipinski definition) is 5. The van der Waals surface area contributed by atoms with Gasteiger partial charge in [0.05, 0.1) is 5.54 Å². The number of aromatic nitrogens is 1. The van der Waals surface area contributed by atoms with Gasteiger partial charge in [0.15, 0.2) is 0 Å². The molecule has 2 rings (SSSR count). The van der Waals surface area contributed by atoms with Crippen LogP contribution in [0.4, 0.5) is 0 Å². The van der Waals surface area contributed by atoms with Crippen LogP contribution in [-0.2, 0) is 5.54 Å². The number of para-hydroxylation sites is 1. The van der Waals surface area contributed by atoms with Gasteiger partial charge in [0.25, 0.3) is 0 Å². The molecule has 1 unspecified atom stereocenters. The number of hydrogen-bond donors (Lipinski definition) is 2. The van der Waals surface area contributed by atoms with Crippen molar-refractivity contribution in [3.63, 3.8) is 0 Å². The average molecular weight is 306 g/mol. The maximum Gasteiger partial charge on any atom is 0.119 e. The van der Waals surface area contributed by atoms with Gasteiger partial charge in [-0.1, -0.05) is 18.2 Å². The number of thiazole rings is 1. The number of aliphatic hydroxyl groups is 1. The van der Waals surface area contributed by atoms with E-state index in [1.54, 1.807) is 11.3 Å². The average Bonchev–Trinajstić information content (AvgIpc) is 2.92. The van der Waals surface area contributed by atoms with Gasteiger partial charge in [-0.3, -0.25) is 0 Å². The zero-order chi connectivity index (χ0) is 15.3. The lowest BCUT2D eigenvalue weighted by Crippen LogP contribution is -2.42. The standard InChI is InChI=1S/C16H22N2O2S/c1-12-11-21-15(18-12)16(2,3)17-9-13(19)10-20-14-7-5-4-6-8-14/h4-8,11,13,17,19H,9-10H2,1-3H3. The first kappa shape index (κ1) is 15.9. The molecule has 0 fully saturated rings. The highest BCUT2D eigenvalue weighted by molar-refractivity contribution is 7.09. The highest BCUT2D eigenvalue weighted by Crippen LogP contribution is 2.23. The molecule has 4 nitrogen and oxygen atoms in total. The Morgan fingerprint density at radius 1 is 1.33 bits per heavy atom. The van der Waals surface area contributed by atoms with E-state index in [0.717, 1.165) is 16.5 Å². The molecule has 0 amide bonds. The van der Waals surface area contributed by atoms with E-state index in [4.69, 9.17) is 4.74 Å². The Hall–Kier alpha value is -1.43. The minimum Gasteiger partial charge on any atom is -0.491 e. The summed E-state index contributed by atoms with van der Waals surface area (Å²) in [5.74, 6) is 0.770. The largest absolute Gasteiger partial charge is 0.491 e. The summed E-state index contributed by atoms with van der Waals surface area (Å²) < 4.78 is 5.54. The van der Waals surface area contributed by atoms with E-state index in [1.807, 2.05) is 42.6 Å². The third-order valence-corrected chi connectivity index (χ3v) is 4.40. The fourth-order valence-electron chi connectivity index (χ4n) is 1.86. The van der Waals surface area contributed by atoms with Gasteiger partial charge < -0.3 is 15.2 Å². The first-order chi connectivity index (χ1) is 9.97. The fourth-order valence-corrected chi connectivity index (χ4v) is 2.76. The lowest BCUT2D eigenvalue weighted by molar-refractivity contribution is 0.0987. The van der Waals surface area contributed by atoms with Gasteiger partial charge in [0.2, 0.25) is 0 Å². The van der Waals surface area contributed by atoms with Crippen LogP contribution in [-0.4, -0.2) is 29.3 Å². The molecule has 21 heavy (non-hydrogen) atoms. The molecule has 5 heteroatoms. The van der Waals surface area contributed by atoms with Crippen LogP contribution in [0, 0.1) is 6.92 Å². The molecule has 1 atom stereocenters. The zero-order valence-electron chi connectivity index (χ0n) is 12.7. The van der Waals surface area contributed by atoms with Crippen molar-refractivity contribution in [2.24, 2.45) is 0 Å². The van der Waals surface area contributed by atoms with Crippen molar-refractivity contribution in [3.05, 3.63) is 46.4 Å². The van der Waals surface area contributed by atoms with Gasteiger partial charge in [-0.2, -0.15) is 0 Å². The molecule has 0 radical (unpaired) electrons.